The van der Waals surface area contributed by atoms with E-state index in [1.54, 1.807) is 13.2 Å². The van der Waals surface area contributed by atoms with Gasteiger partial charge in [0, 0.05) is 12.6 Å². The fraction of sp³-hybridized carbons (Fsp3) is 0.333. The minimum Gasteiger partial charge on any atom is -0.493 e. The lowest BCUT2D eigenvalue weighted by Gasteiger charge is -2.16. The summed E-state index contributed by atoms with van der Waals surface area (Å²) < 4.78 is 11.0. The molecular weight excluding hydrogens is 334 g/mol. The number of halogens is 1. The lowest BCUT2D eigenvalue weighted by molar-refractivity contribution is 0.326. The van der Waals surface area contributed by atoms with Gasteiger partial charge in [0.15, 0.2) is 11.5 Å². The van der Waals surface area contributed by atoms with Crippen LogP contribution in [0.2, 0.25) is 5.02 Å². The van der Waals surface area contributed by atoms with Gasteiger partial charge in [0.25, 0.3) is 0 Å². The first kappa shape index (κ1) is 19.4. The predicted octanol–water partition coefficient (Wildman–Crippen LogP) is 5.02. The van der Waals surface area contributed by atoms with E-state index >= 15 is 0 Å². The molecule has 0 saturated heterocycles. The van der Waals surface area contributed by atoms with Crippen molar-refractivity contribution in [1.82, 2.24) is 5.32 Å². The van der Waals surface area contributed by atoms with E-state index in [2.05, 4.69) is 43.1 Å². The SMILES string of the molecule is C=CCOc1c(Cl)cc(CN[C@H](C)CCc2ccccc2)cc1OC. The molecule has 1 atom stereocenters. The van der Waals surface area contributed by atoms with Crippen LogP contribution in [0.15, 0.2) is 55.1 Å². The highest BCUT2D eigenvalue weighted by Gasteiger charge is 2.12. The molecule has 2 rings (SSSR count). The van der Waals surface area contributed by atoms with Gasteiger partial charge in [0.05, 0.1) is 12.1 Å². The molecule has 2 aromatic rings. The van der Waals surface area contributed by atoms with E-state index in [4.69, 9.17) is 21.1 Å². The van der Waals surface area contributed by atoms with Gasteiger partial charge < -0.3 is 14.8 Å². The molecule has 0 radical (unpaired) electrons. The summed E-state index contributed by atoms with van der Waals surface area (Å²) in [5.74, 6) is 1.20. The smallest absolute Gasteiger partial charge is 0.180 e. The third kappa shape index (κ3) is 6.11. The zero-order chi connectivity index (χ0) is 18.1. The van der Waals surface area contributed by atoms with Crippen LogP contribution in [-0.4, -0.2) is 19.8 Å². The summed E-state index contributed by atoms with van der Waals surface area (Å²) in [5.41, 5.74) is 2.43. The highest BCUT2D eigenvalue weighted by Crippen LogP contribution is 2.36. The lowest BCUT2D eigenvalue weighted by atomic mass is 10.1. The Balaban J connectivity index is 1.91. The average molecular weight is 360 g/mol. The van der Waals surface area contributed by atoms with Gasteiger partial charge in [-0.05, 0) is 43.0 Å². The van der Waals surface area contributed by atoms with E-state index in [1.165, 1.54) is 5.56 Å². The van der Waals surface area contributed by atoms with Crippen molar-refractivity contribution in [2.24, 2.45) is 0 Å². The number of ether oxygens (including phenoxy) is 2. The Morgan fingerprint density at radius 3 is 2.64 bits per heavy atom. The lowest BCUT2D eigenvalue weighted by Crippen LogP contribution is -2.26. The Bertz CT molecular complexity index is 673. The normalized spacial score (nSPS) is 11.8. The first-order valence-corrected chi connectivity index (χ1v) is 8.89. The molecule has 0 aliphatic rings. The van der Waals surface area contributed by atoms with E-state index in [9.17, 15) is 0 Å². The molecule has 0 bridgehead atoms. The van der Waals surface area contributed by atoms with E-state index in [1.807, 2.05) is 18.2 Å². The minimum atomic E-state index is 0.393. The fourth-order valence-electron chi connectivity index (χ4n) is 2.58. The van der Waals surface area contributed by atoms with Gasteiger partial charge in [-0.1, -0.05) is 54.6 Å². The van der Waals surface area contributed by atoms with E-state index in [0.29, 0.717) is 29.2 Å². The number of benzene rings is 2. The van der Waals surface area contributed by atoms with Gasteiger partial charge in [-0.2, -0.15) is 0 Å². The van der Waals surface area contributed by atoms with Crippen molar-refractivity contribution in [3.8, 4) is 11.5 Å². The van der Waals surface area contributed by atoms with E-state index < -0.39 is 0 Å². The maximum atomic E-state index is 6.34. The number of aryl methyl sites for hydroxylation is 1. The van der Waals surface area contributed by atoms with Gasteiger partial charge in [-0.25, -0.2) is 0 Å². The standard InChI is InChI=1S/C21H26ClNO2/c1-4-12-25-21-19(22)13-18(14-20(21)24-3)15-23-16(2)10-11-17-8-6-5-7-9-17/h4-9,13-14,16,23H,1,10-12,15H2,2-3H3/t16-/m1/s1. The van der Waals surface area contributed by atoms with Crippen LogP contribution in [0.5, 0.6) is 11.5 Å². The van der Waals surface area contributed by atoms with E-state index in [0.717, 1.165) is 24.9 Å². The topological polar surface area (TPSA) is 30.5 Å². The van der Waals surface area contributed by atoms with E-state index in [-0.39, 0.29) is 0 Å². The molecule has 25 heavy (non-hydrogen) atoms. The Morgan fingerprint density at radius 1 is 1.20 bits per heavy atom. The van der Waals surface area contributed by atoms with Crippen molar-refractivity contribution >= 4 is 11.6 Å². The molecule has 0 aliphatic heterocycles. The summed E-state index contributed by atoms with van der Waals surface area (Å²) in [6, 6.07) is 14.8. The molecule has 3 nitrogen and oxygen atoms in total. The first-order chi connectivity index (χ1) is 12.1. The van der Waals surface area contributed by atoms with Gasteiger partial charge in [-0.3, -0.25) is 0 Å². The van der Waals surface area contributed by atoms with Crippen molar-refractivity contribution in [1.29, 1.82) is 0 Å². The third-order valence-electron chi connectivity index (χ3n) is 4.00. The fourth-order valence-corrected chi connectivity index (χ4v) is 2.87. The summed E-state index contributed by atoms with van der Waals surface area (Å²) >= 11 is 6.34. The largest absolute Gasteiger partial charge is 0.493 e. The molecule has 0 spiro atoms. The highest BCUT2D eigenvalue weighted by molar-refractivity contribution is 6.32. The maximum Gasteiger partial charge on any atom is 0.180 e. The Morgan fingerprint density at radius 2 is 1.96 bits per heavy atom. The van der Waals surface area contributed by atoms with Crippen LogP contribution in [0, 0.1) is 0 Å². The molecule has 4 heteroatoms. The number of nitrogens with one attached hydrogen (secondary N) is 1. The third-order valence-corrected chi connectivity index (χ3v) is 4.28. The van der Waals surface area contributed by atoms with Crippen LogP contribution in [0.4, 0.5) is 0 Å². The predicted molar refractivity (Wildman–Crippen MR) is 105 cm³/mol. The average Bonchev–Trinajstić information content (AvgIpc) is 2.64. The number of hydrogen-bond donors (Lipinski definition) is 1. The molecule has 0 fully saturated rings. The van der Waals surface area contributed by atoms with Crippen LogP contribution < -0.4 is 14.8 Å². The molecule has 0 unspecified atom stereocenters. The van der Waals surface area contributed by atoms with Crippen molar-refractivity contribution in [3.05, 3.63) is 71.3 Å². The Kier molecular flexibility index (Phi) is 7.83. The molecular formula is C21H26ClNO2. The summed E-state index contributed by atoms with van der Waals surface area (Å²) in [5, 5.41) is 4.09. The second-order valence-electron chi connectivity index (χ2n) is 6.01. The molecule has 0 heterocycles. The van der Waals surface area contributed by atoms with Gasteiger partial charge in [-0.15, -0.1) is 0 Å². The number of rotatable bonds is 10. The monoisotopic (exact) mass is 359 g/mol. The first-order valence-electron chi connectivity index (χ1n) is 8.51. The van der Waals surface area contributed by atoms with Crippen molar-refractivity contribution < 1.29 is 9.47 Å². The van der Waals surface area contributed by atoms with Gasteiger partial charge >= 0.3 is 0 Å². The molecule has 134 valence electrons. The molecule has 0 aliphatic carbocycles. The van der Waals surface area contributed by atoms with Crippen molar-refractivity contribution in [2.45, 2.75) is 32.4 Å². The van der Waals surface area contributed by atoms with Crippen LogP contribution >= 0.6 is 11.6 Å². The second kappa shape index (κ2) is 10.1. The second-order valence-corrected chi connectivity index (χ2v) is 6.42. The summed E-state index contributed by atoms with van der Waals surface area (Å²) in [6.07, 6.45) is 3.82. The van der Waals surface area contributed by atoms with Crippen LogP contribution in [0.3, 0.4) is 0 Å². The summed E-state index contributed by atoms with van der Waals surface area (Å²) in [6.45, 7) is 6.97. The number of methoxy groups -OCH3 is 1. The molecule has 2 aromatic carbocycles. The molecule has 0 saturated carbocycles. The van der Waals surface area contributed by atoms with Gasteiger partial charge in [0.1, 0.15) is 6.61 Å². The Labute approximate surface area is 155 Å². The zero-order valence-electron chi connectivity index (χ0n) is 14.9. The van der Waals surface area contributed by atoms with Crippen LogP contribution in [-0.2, 0) is 13.0 Å². The zero-order valence-corrected chi connectivity index (χ0v) is 15.7. The molecule has 0 aromatic heterocycles. The number of hydrogen-bond acceptors (Lipinski definition) is 3. The minimum absolute atomic E-state index is 0.393. The quantitative estimate of drug-likeness (QED) is 0.604. The summed E-state index contributed by atoms with van der Waals surface area (Å²) in [4.78, 5) is 0. The Hall–Kier alpha value is -1.97. The molecule has 1 N–H and O–H groups in total. The molecule has 0 amide bonds. The van der Waals surface area contributed by atoms with Gasteiger partial charge in [0.2, 0.25) is 0 Å². The maximum absolute atomic E-state index is 6.34. The van der Waals surface area contributed by atoms with Crippen molar-refractivity contribution in [2.75, 3.05) is 13.7 Å². The highest BCUT2D eigenvalue weighted by atomic mass is 35.5. The van der Waals surface area contributed by atoms with Crippen LogP contribution in [0.1, 0.15) is 24.5 Å². The van der Waals surface area contributed by atoms with Crippen molar-refractivity contribution in [3.63, 3.8) is 0 Å². The summed E-state index contributed by atoms with van der Waals surface area (Å²) in [7, 11) is 1.62. The van der Waals surface area contributed by atoms with Crippen LogP contribution in [0.25, 0.3) is 0 Å².